The Kier molecular flexibility index (Phi) is 3.39. The molecule has 5 heteroatoms. The molecule has 0 unspecified atom stereocenters. The van der Waals surface area contributed by atoms with E-state index >= 15 is 0 Å². The van der Waals surface area contributed by atoms with Crippen molar-refractivity contribution < 1.29 is 4.74 Å². The van der Waals surface area contributed by atoms with Gasteiger partial charge in [0.25, 0.3) is 0 Å². The Morgan fingerprint density at radius 1 is 1.00 bits per heavy atom. The van der Waals surface area contributed by atoms with Crippen molar-refractivity contribution in [1.29, 1.82) is 0 Å². The van der Waals surface area contributed by atoms with Gasteiger partial charge in [-0.25, -0.2) is 4.68 Å². The van der Waals surface area contributed by atoms with Gasteiger partial charge in [-0.05, 0) is 36.4 Å². The average Bonchev–Trinajstić information content (AvgIpc) is 2.97. The van der Waals surface area contributed by atoms with E-state index in [4.69, 9.17) is 16.3 Å². The Morgan fingerprint density at radius 3 is 2.35 bits per heavy atom. The summed E-state index contributed by atoms with van der Waals surface area (Å²) in [5.41, 5.74) is 2.84. The Hall–Kier alpha value is -2.33. The molecule has 100 valence electrons. The molecule has 0 saturated heterocycles. The lowest BCUT2D eigenvalue weighted by atomic mass is 10.1. The van der Waals surface area contributed by atoms with Crippen molar-refractivity contribution in [3.63, 3.8) is 0 Å². The summed E-state index contributed by atoms with van der Waals surface area (Å²) in [7, 11) is 1.64. The quantitative estimate of drug-likeness (QED) is 0.738. The first-order valence-electron chi connectivity index (χ1n) is 6.09. The zero-order chi connectivity index (χ0) is 13.9. The van der Waals surface area contributed by atoms with Crippen molar-refractivity contribution in [2.75, 3.05) is 7.11 Å². The van der Waals surface area contributed by atoms with E-state index in [2.05, 4.69) is 10.3 Å². The number of methoxy groups -OCH3 is 1. The van der Waals surface area contributed by atoms with Crippen LogP contribution in [-0.2, 0) is 0 Å². The molecule has 3 aromatic rings. The van der Waals surface area contributed by atoms with Crippen LogP contribution in [0.25, 0.3) is 16.9 Å². The third-order valence-corrected chi connectivity index (χ3v) is 3.26. The molecule has 0 saturated carbocycles. The van der Waals surface area contributed by atoms with E-state index in [0.29, 0.717) is 5.02 Å². The minimum absolute atomic E-state index is 0.706. The topological polar surface area (TPSA) is 39.9 Å². The molecule has 20 heavy (non-hydrogen) atoms. The second kappa shape index (κ2) is 5.35. The molecule has 0 aliphatic rings. The maximum atomic E-state index is 5.91. The van der Waals surface area contributed by atoms with Gasteiger partial charge in [0.15, 0.2) is 0 Å². The van der Waals surface area contributed by atoms with E-state index in [-0.39, 0.29) is 0 Å². The second-order valence-corrected chi connectivity index (χ2v) is 4.67. The highest BCUT2D eigenvalue weighted by Gasteiger charge is 2.08. The van der Waals surface area contributed by atoms with Crippen molar-refractivity contribution in [1.82, 2.24) is 15.0 Å². The van der Waals surface area contributed by atoms with Gasteiger partial charge < -0.3 is 4.74 Å². The van der Waals surface area contributed by atoms with Gasteiger partial charge in [0.1, 0.15) is 5.75 Å². The van der Waals surface area contributed by atoms with E-state index in [1.807, 2.05) is 48.5 Å². The Morgan fingerprint density at radius 2 is 1.70 bits per heavy atom. The maximum Gasteiger partial charge on any atom is 0.119 e. The molecular formula is C15H12ClN3O. The maximum absolute atomic E-state index is 5.91. The van der Waals surface area contributed by atoms with Crippen LogP contribution in [0.5, 0.6) is 5.75 Å². The minimum Gasteiger partial charge on any atom is -0.497 e. The molecule has 0 aliphatic carbocycles. The molecular weight excluding hydrogens is 274 g/mol. The fourth-order valence-corrected chi connectivity index (χ4v) is 2.09. The molecule has 2 aromatic carbocycles. The predicted octanol–water partition coefficient (Wildman–Crippen LogP) is 3.60. The number of hydrogen-bond donors (Lipinski definition) is 0. The largest absolute Gasteiger partial charge is 0.497 e. The molecule has 3 rings (SSSR count). The summed E-state index contributed by atoms with van der Waals surface area (Å²) in [6, 6.07) is 15.2. The molecule has 0 spiro atoms. The summed E-state index contributed by atoms with van der Waals surface area (Å²) in [6.07, 6.45) is 1.73. The predicted molar refractivity (Wildman–Crippen MR) is 78.4 cm³/mol. The van der Waals surface area contributed by atoms with Crippen LogP contribution in [0, 0.1) is 0 Å². The Bertz CT molecular complexity index is 705. The van der Waals surface area contributed by atoms with Gasteiger partial charge in [0.2, 0.25) is 0 Å². The third-order valence-electron chi connectivity index (χ3n) is 3.01. The fraction of sp³-hybridized carbons (Fsp3) is 0.0667. The number of hydrogen-bond acceptors (Lipinski definition) is 3. The summed E-state index contributed by atoms with van der Waals surface area (Å²) in [5, 5.41) is 8.83. The van der Waals surface area contributed by atoms with Gasteiger partial charge in [-0.1, -0.05) is 28.9 Å². The van der Waals surface area contributed by atoms with Gasteiger partial charge in [-0.3, -0.25) is 0 Å². The lowest BCUT2D eigenvalue weighted by molar-refractivity contribution is 0.414. The van der Waals surface area contributed by atoms with Gasteiger partial charge >= 0.3 is 0 Å². The highest BCUT2D eigenvalue weighted by atomic mass is 35.5. The Balaban J connectivity index is 2.02. The van der Waals surface area contributed by atoms with Crippen molar-refractivity contribution in [2.45, 2.75) is 0 Å². The monoisotopic (exact) mass is 285 g/mol. The highest BCUT2D eigenvalue weighted by Crippen LogP contribution is 2.24. The molecule has 1 heterocycles. The molecule has 0 radical (unpaired) electrons. The molecule has 0 N–H and O–H groups in total. The Labute approximate surface area is 121 Å². The zero-order valence-corrected chi connectivity index (χ0v) is 11.6. The van der Waals surface area contributed by atoms with Crippen LogP contribution in [0.4, 0.5) is 0 Å². The fourth-order valence-electron chi connectivity index (χ4n) is 1.97. The van der Waals surface area contributed by atoms with Gasteiger partial charge in [-0.15, -0.1) is 5.10 Å². The number of halogens is 1. The van der Waals surface area contributed by atoms with E-state index in [9.17, 15) is 0 Å². The molecule has 0 bridgehead atoms. The standard InChI is InChI=1S/C15H12ClN3O/c1-20-14-8-6-13(7-9-14)19-15(10-17-18-19)11-2-4-12(16)5-3-11/h2-10H,1H3. The third kappa shape index (κ3) is 2.38. The number of rotatable bonds is 3. The smallest absolute Gasteiger partial charge is 0.119 e. The average molecular weight is 286 g/mol. The first kappa shape index (κ1) is 12.7. The van der Waals surface area contributed by atoms with Crippen LogP contribution in [0.2, 0.25) is 5.02 Å². The summed E-state index contributed by atoms with van der Waals surface area (Å²) in [4.78, 5) is 0. The van der Waals surface area contributed by atoms with Gasteiger partial charge in [-0.2, -0.15) is 0 Å². The lowest BCUT2D eigenvalue weighted by Crippen LogP contribution is -1.99. The van der Waals surface area contributed by atoms with Crippen molar-refractivity contribution in [3.8, 4) is 22.7 Å². The summed E-state index contributed by atoms with van der Waals surface area (Å²) in [5.74, 6) is 0.807. The zero-order valence-electron chi connectivity index (χ0n) is 10.8. The van der Waals surface area contributed by atoms with E-state index in [1.165, 1.54) is 0 Å². The van der Waals surface area contributed by atoms with Crippen molar-refractivity contribution in [2.24, 2.45) is 0 Å². The van der Waals surface area contributed by atoms with Crippen molar-refractivity contribution in [3.05, 3.63) is 59.8 Å². The summed E-state index contributed by atoms with van der Waals surface area (Å²) in [6.45, 7) is 0. The van der Waals surface area contributed by atoms with Crippen LogP contribution in [0.3, 0.4) is 0 Å². The number of ether oxygens (including phenoxy) is 1. The van der Waals surface area contributed by atoms with Crippen LogP contribution in [-0.4, -0.2) is 22.1 Å². The number of aromatic nitrogens is 3. The molecule has 4 nitrogen and oxygen atoms in total. The first-order chi connectivity index (χ1) is 9.78. The van der Waals surface area contributed by atoms with Gasteiger partial charge in [0, 0.05) is 10.6 Å². The summed E-state index contributed by atoms with van der Waals surface area (Å²) < 4.78 is 6.94. The normalized spacial score (nSPS) is 10.5. The number of benzene rings is 2. The highest BCUT2D eigenvalue weighted by molar-refractivity contribution is 6.30. The van der Waals surface area contributed by atoms with E-state index in [1.54, 1.807) is 18.0 Å². The number of nitrogens with zero attached hydrogens (tertiary/aromatic N) is 3. The lowest BCUT2D eigenvalue weighted by Gasteiger charge is -2.07. The van der Waals surface area contributed by atoms with Crippen LogP contribution in [0.1, 0.15) is 0 Å². The van der Waals surface area contributed by atoms with Crippen LogP contribution < -0.4 is 4.74 Å². The molecule has 0 fully saturated rings. The van der Waals surface area contributed by atoms with Crippen molar-refractivity contribution >= 4 is 11.6 Å². The van der Waals surface area contributed by atoms with Gasteiger partial charge in [0.05, 0.1) is 24.7 Å². The van der Waals surface area contributed by atoms with Crippen LogP contribution in [0.15, 0.2) is 54.7 Å². The van der Waals surface area contributed by atoms with E-state index < -0.39 is 0 Å². The molecule has 1 aromatic heterocycles. The van der Waals surface area contributed by atoms with E-state index in [0.717, 1.165) is 22.7 Å². The second-order valence-electron chi connectivity index (χ2n) is 4.24. The molecule has 0 aliphatic heterocycles. The van der Waals surface area contributed by atoms with Crippen LogP contribution >= 0.6 is 11.6 Å². The first-order valence-corrected chi connectivity index (χ1v) is 6.47. The minimum atomic E-state index is 0.706. The summed E-state index contributed by atoms with van der Waals surface area (Å²) >= 11 is 5.91. The molecule has 0 atom stereocenters. The molecule has 0 amide bonds. The SMILES string of the molecule is COc1ccc(-n2nncc2-c2ccc(Cl)cc2)cc1.